The number of nitrogens with zero attached hydrogens (tertiary/aromatic N) is 4. The lowest BCUT2D eigenvalue weighted by atomic mass is 9.72. The van der Waals surface area contributed by atoms with Gasteiger partial charge in [-0.3, -0.25) is 14.4 Å². The van der Waals surface area contributed by atoms with Crippen LogP contribution >= 0.6 is 0 Å². The Bertz CT molecular complexity index is 1330. The number of aliphatic carboxylic acids is 3. The molecule has 16 heteroatoms. The number of likely N-dealkylation sites (tertiary alicyclic amines) is 3. The molecule has 3 aliphatic rings. The predicted molar refractivity (Wildman–Crippen MR) is 205 cm³/mol. The molecule has 0 unspecified atom stereocenters. The maximum absolute atomic E-state index is 13.8. The second-order valence-corrected chi connectivity index (χ2v) is 20.5. The maximum Gasteiger partial charge on any atom is 0.361 e. The molecule has 16 nitrogen and oxygen atoms in total. The first-order valence-electron chi connectivity index (χ1n) is 19.5. The van der Waals surface area contributed by atoms with Crippen molar-refractivity contribution >= 4 is 35.6 Å². The summed E-state index contributed by atoms with van der Waals surface area (Å²) in [5.41, 5.74) is -6.49. The van der Waals surface area contributed by atoms with Crippen molar-refractivity contribution in [1.29, 1.82) is 0 Å². The molecule has 0 atom stereocenters. The number of quaternary nitrogens is 3. The highest BCUT2D eigenvalue weighted by atomic mass is 16.4. The number of hydrogen-bond acceptors (Lipinski definition) is 7. The van der Waals surface area contributed by atoms with Gasteiger partial charge in [-0.25, -0.2) is 14.4 Å². The summed E-state index contributed by atoms with van der Waals surface area (Å²) in [6.45, 7) is 26.1. The highest BCUT2D eigenvalue weighted by Gasteiger charge is 2.85. The largest absolute Gasteiger partial charge is 0.477 e. The van der Waals surface area contributed by atoms with E-state index >= 15 is 0 Å². The number of hydrogen-bond donors (Lipinski definition) is 6. The van der Waals surface area contributed by atoms with Crippen molar-refractivity contribution in [2.45, 2.75) is 194 Å². The zero-order valence-electron chi connectivity index (χ0n) is 36.2. The van der Waals surface area contributed by atoms with Crippen LogP contribution in [-0.4, -0.2) is 141 Å². The third kappa shape index (κ3) is 7.60. The van der Waals surface area contributed by atoms with Crippen LogP contribution in [-0.2, 0) is 28.8 Å². The summed E-state index contributed by atoms with van der Waals surface area (Å²) in [7, 11) is 0. The number of carbonyl (C=O) groups is 6. The smallest absolute Gasteiger partial charge is 0.361 e. The van der Waals surface area contributed by atoms with Crippen LogP contribution in [0.5, 0.6) is 0 Å². The Labute approximate surface area is 327 Å². The molecule has 0 radical (unpaired) electrons. The van der Waals surface area contributed by atoms with E-state index in [0.717, 1.165) is 0 Å². The molecule has 0 aromatic carbocycles. The van der Waals surface area contributed by atoms with Crippen molar-refractivity contribution in [3.63, 3.8) is 0 Å². The SMILES string of the molecule is CC(=O)NC1CC(C)(C)[N+](CC(=O)O)(N([N+]2(CC(=O)O)C(C)(C)CC(NC(C)=O)CC2(C)C)[N+]2(CC(=O)O)C(C)(C)CC(NC(C)=O)CC2(C)C)C(C)(C)C1. The molecule has 3 amide bonds. The van der Waals surface area contributed by atoms with Crippen LogP contribution < -0.4 is 16.0 Å². The fourth-order valence-electron chi connectivity index (χ4n) is 12.7. The monoisotopic (exact) mass is 783 g/mol. The van der Waals surface area contributed by atoms with E-state index in [1.165, 1.54) is 20.8 Å². The third-order valence-electron chi connectivity index (χ3n) is 13.7. The number of piperidine rings is 3. The van der Waals surface area contributed by atoms with E-state index in [2.05, 4.69) is 16.0 Å². The first-order valence-corrected chi connectivity index (χ1v) is 19.5. The Balaban J connectivity index is 2.83. The van der Waals surface area contributed by atoms with Crippen molar-refractivity contribution in [3.8, 4) is 0 Å². The first kappa shape index (κ1) is 46.0. The molecule has 0 aliphatic carbocycles. The summed E-state index contributed by atoms with van der Waals surface area (Å²) in [6, 6.07) is -1.12. The van der Waals surface area contributed by atoms with Gasteiger partial charge in [0.1, 0.15) is 33.2 Å². The zero-order valence-corrected chi connectivity index (χ0v) is 36.2. The average molecular weight is 783 g/mol. The maximum atomic E-state index is 13.8. The van der Waals surface area contributed by atoms with Gasteiger partial charge in [0.2, 0.25) is 37.4 Å². The van der Waals surface area contributed by atoms with Crippen LogP contribution in [0.25, 0.3) is 0 Å². The van der Waals surface area contributed by atoms with Crippen LogP contribution in [0.2, 0.25) is 0 Å². The standard InChI is InChI=1S/C39H69N7O9/c1-25(47)40-28-16-34(4,5)44(22-31(50)51,35(6,7)17-28)43(45(23-32(52)53)36(8,9)18-29(41-26(2)48)19-37(45,10)11)46(24-33(54)55)38(12,13)20-30(42-27(3)49)21-39(46,14)15/h28-30H,16-24H2,1-15H3,(H3-3,40,41,42,47,48,49,50,51,52,53,54,55)/p+3. The lowest BCUT2D eigenvalue weighted by molar-refractivity contribution is -1.47. The Morgan fingerprint density at radius 2 is 0.600 bits per heavy atom. The van der Waals surface area contributed by atoms with Crippen LogP contribution in [0.15, 0.2) is 0 Å². The van der Waals surface area contributed by atoms with E-state index in [4.69, 9.17) is 0 Å². The summed E-state index contributed by atoms with van der Waals surface area (Å²) >= 11 is 0. The predicted octanol–water partition coefficient (Wildman–Crippen LogP) is 3.30. The lowest BCUT2D eigenvalue weighted by Gasteiger charge is -2.76. The molecule has 3 rings (SSSR count). The minimum Gasteiger partial charge on any atom is -0.477 e. The first-order chi connectivity index (χ1) is 24.6. The van der Waals surface area contributed by atoms with Crippen LogP contribution in [0, 0.1) is 0 Å². The molecule has 3 saturated heterocycles. The second-order valence-electron chi connectivity index (χ2n) is 20.5. The van der Waals surface area contributed by atoms with Gasteiger partial charge in [-0.05, 0) is 83.1 Å². The van der Waals surface area contributed by atoms with Gasteiger partial charge in [0, 0.05) is 77.4 Å². The number of rotatable bonds is 12. The van der Waals surface area contributed by atoms with E-state index in [-0.39, 0.29) is 49.6 Å². The zero-order chi connectivity index (χ0) is 42.8. The van der Waals surface area contributed by atoms with E-state index in [1.54, 1.807) is 0 Å². The summed E-state index contributed by atoms with van der Waals surface area (Å²) in [6.07, 6.45) is 1.78. The fourth-order valence-corrected chi connectivity index (χ4v) is 12.7. The molecule has 0 bridgehead atoms. The lowest BCUT2D eigenvalue weighted by Crippen LogP contribution is -3.02. The summed E-state index contributed by atoms with van der Waals surface area (Å²) in [5.74, 6) is -4.17. The quantitative estimate of drug-likeness (QED) is 0.160. The van der Waals surface area contributed by atoms with Crippen molar-refractivity contribution < 1.29 is 57.9 Å². The van der Waals surface area contributed by atoms with Crippen molar-refractivity contribution in [1.82, 2.24) is 21.2 Å². The van der Waals surface area contributed by atoms with Crippen molar-refractivity contribution in [2.75, 3.05) is 19.6 Å². The molecule has 314 valence electrons. The molecule has 0 saturated carbocycles. The van der Waals surface area contributed by atoms with Crippen LogP contribution in [0.4, 0.5) is 0 Å². The van der Waals surface area contributed by atoms with Gasteiger partial charge in [0.05, 0.1) is 0 Å². The second kappa shape index (κ2) is 14.6. The van der Waals surface area contributed by atoms with Gasteiger partial charge in [-0.15, -0.1) is 13.8 Å². The van der Waals surface area contributed by atoms with Gasteiger partial charge in [-0.1, -0.05) is 0 Å². The summed E-state index contributed by atoms with van der Waals surface area (Å²) < 4.78 is -1.12. The molecule has 3 fully saturated rings. The van der Waals surface area contributed by atoms with E-state index < -0.39 is 70.8 Å². The number of carbonyl (C=O) groups excluding carboxylic acids is 3. The molecular weight excluding hydrogens is 710 g/mol. The van der Waals surface area contributed by atoms with E-state index in [0.29, 0.717) is 38.5 Å². The minimum absolute atomic E-state index is 0.236. The van der Waals surface area contributed by atoms with Crippen molar-refractivity contribution in [2.24, 2.45) is 0 Å². The molecular formula is C39H72N7O9+3. The Kier molecular flexibility index (Phi) is 12.2. The minimum atomic E-state index is -1.15. The fraction of sp³-hybridized carbons (Fsp3) is 0.846. The van der Waals surface area contributed by atoms with E-state index in [9.17, 15) is 44.1 Å². The Hall–Kier alpha value is -3.34. The number of carboxylic acids is 3. The molecule has 0 aromatic rings. The third-order valence-corrected chi connectivity index (χ3v) is 13.7. The summed E-state index contributed by atoms with van der Waals surface area (Å²) in [5, 5.41) is 45.0. The number of carboxylic acid groups (broad SMARTS) is 3. The van der Waals surface area contributed by atoms with Crippen LogP contribution in [0.1, 0.15) is 142 Å². The molecule has 0 aromatic heterocycles. The molecule has 0 spiro atoms. The average Bonchev–Trinajstić information content (AvgIpc) is 2.89. The highest BCUT2D eigenvalue weighted by molar-refractivity contribution is 5.74. The van der Waals surface area contributed by atoms with Crippen molar-refractivity contribution in [3.05, 3.63) is 0 Å². The van der Waals surface area contributed by atoms with Gasteiger partial charge in [0.15, 0.2) is 5.23 Å². The number of nitrogens with one attached hydrogen (secondary N) is 3. The van der Waals surface area contributed by atoms with Crippen LogP contribution in [0.3, 0.4) is 0 Å². The number of amides is 3. The highest BCUT2D eigenvalue weighted by Crippen LogP contribution is 2.62. The van der Waals surface area contributed by atoms with Gasteiger partial charge in [-0.2, -0.15) is 0 Å². The summed E-state index contributed by atoms with van der Waals surface area (Å²) in [4.78, 5) is 79.1. The van der Waals surface area contributed by atoms with Gasteiger partial charge >= 0.3 is 17.9 Å². The Morgan fingerprint density at radius 1 is 0.436 bits per heavy atom. The molecule has 6 N–H and O–H groups in total. The van der Waals surface area contributed by atoms with Gasteiger partial charge < -0.3 is 31.3 Å². The normalized spacial score (nSPS) is 34.1. The Morgan fingerprint density at radius 3 is 0.727 bits per heavy atom. The molecule has 3 heterocycles. The van der Waals surface area contributed by atoms with E-state index in [1.807, 2.05) is 88.3 Å². The molecule has 55 heavy (non-hydrogen) atoms. The van der Waals surface area contributed by atoms with Gasteiger partial charge in [0.25, 0.3) is 0 Å². The topological polar surface area (TPSA) is 202 Å². The molecule has 3 aliphatic heterocycles.